The van der Waals surface area contributed by atoms with E-state index in [2.05, 4.69) is 75.3 Å². The van der Waals surface area contributed by atoms with Crippen LogP contribution in [0.1, 0.15) is 29.7 Å². The van der Waals surface area contributed by atoms with E-state index < -0.39 is 0 Å². The summed E-state index contributed by atoms with van der Waals surface area (Å²) in [6.07, 6.45) is 0.870. The van der Waals surface area contributed by atoms with Crippen molar-refractivity contribution in [3.63, 3.8) is 0 Å². The predicted molar refractivity (Wildman–Crippen MR) is 98.2 cm³/mol. The Morgan fingerprint density at radius 2 is 1.90 bits per heavy atom. The van der Waals surface area contributed by atoms with Crippen molar-refractivity contribution in [3.05, 3.63) is 67.1 Å². The van der Waals surface area contributed by atoms with Gasteiger partial charge in [-0.2, -0.15) is 0 Å². The summed E-state index contributed by atoms with van der Waals surface area (Å²) in [5.74, 6) is 0. The molecule has 0 aromatic heterocycles. The molecule has 0 bridgehead atoms. The number of benzene rings is 2. The second kappa shape index (κ2) is 7.77. The first-order valence-electron chi connectivity index (χ1n) is 6.94. The number of nitrogens with one attached hydrogen (secondary N) is 1. The zero-order valence-electron chi connectivity index (χ0n) is 12.1. The Balaban J connectivity index is 2.28. The number of rotatable bonds is 5. The lowest BCUT2D eigenvalue weighted by atomic mass is 9.98. The minimum Gasteiger partial charge on any atom is -0.310 e. The third-order valence-corrected chi connectivity index (χ3v) is 5.19. The zero-order chi connectivity index (χ0) is 15.4. The Kier molecular flexibility index (Phi) is 6.30. The molecule has 2 aromatic rings. The molecule has 21 heavy (non-hydrogen) atoms. The van der Waals surface area contributed by atoms with Gasteiger partial charge in [0.15, 0.2) is 0 Å². The van der Waals surface area contributed by atoms with Gasteiger partial charge in [0.05, 0.1) is 0 Å². The molecule has 0 aliphatic heterocycles. The summed E-state index contributed by atoms with van der Waals surface area (Å²) in [5.41, 5.74) is 3.67. The van der Waals surface area contributed by atoms with Crippen molar-refractivity contribution < 1.29 is 0 Å². The van der Waals surface area contributed by atoms with Gasteiger partial charge in [0, 0.05) is 20.0 Å². The van der Waals surface area contributed by atoms with E-state index in [0.29, 0.717) is 0 Å². The monoisotopic (exact) mass is 429 g/mol. The topological polar surface area (TPSA) is 12.0 Å². The average Bonchev–Trinajstić information content (AvgIpc) is 2.44. The maximum atomic E-state index is 6.35. The maximum Gasteiger partial charge on any atom is 0.0449 e. The van der Waals surface area contributed by atoms with Crippen molar-refractivity contribution in [2.24, 2.45) is 0 Å². The van der Waals surface area contributed by atoms with Gasteiger partial charge in [0.25, 0.3) is 0 Å². The van der Waals surface area contributed by atoms with Crippen molar-refractivity contribution in [1.29, 1.82) is 0 Å². The normalized spacial score (nSPS) is 12.4. The average molecular weight is 432 g/mol. The van der Waals surface area contributed by atoms with Crippen molar-refractivity contribution in [2.45, 2.75) is 26.3 Å². The number of likely N-dealkylation sites (N-methyl/N-ethyl adjacent to an activating group) is 1. The van der Waals surface area contributed by atoms with Gasteiger partial charge in [0.1, 0.15) is 0 Å². The molecule has 0 spiro atoms. The first kappa shape index (κ1) is 17.0. The molecule has 2 rings (SSSR count). The summed E-state index contributed by atoms with van der Waals surface area (Å²) in [6.45, 7) is 5.14. The summed E-state index contributed by atoms with van der Waals surface area (Å²) in [5, 5.41) is 4.35. The minimum atomic E-state index is 0.255. The van der Waals surface area contributed by atoms with Crippen LogP contribution in [-0.4, -0.2) is 6.54 Å². The largest absolute Gasteiger partial charge is 0.310 e. The van der Waals surface area contributed by atoms with Crippen LogP contribution in [-0.2, 0) is 6.42 Å². The Morgan fingerprint density at radius 3 is 2.52 bits per heavy atom. The molecule has 2 aromatic carbocycles. The molecular formula is C17H18Br2ClN. The van der Waals surface area contributed by atoms with Gasteiger partial charge >= 0.3 is 0 Å². The van der Waals surface area contributed by atoms with E-state index >= 15 is 0 Å². The molecule has 4 heteroatoms. The molecule has 0 fully saturated rings. The molecular weight excluding hydrogens is 413 g/mol. The van der Waals surface area contributed by atoms with E-state index in [4.69, 9.17) is 11.6 Å². The van der Waals surface area contributed by atoms with Crippen molar-refractivity contribution >= 4 is 43.5 Å². The Labute approximate surface area is 148 Å². The van der Waals surface area contributed by atoms with E-state index in [1.165, 1.54) is 11.1 Å². The smallest absolute Gasteiger partial charge is 0.0449 e. The quantitative estimate of drug-likeness (QED) is 0.606. The summed E-state index contributed by atoms with van der Waals surface area (Å²) in [7, 11) is 0. The van der Waals surface area contributed by atoms with Gasteiger partial charge in [-0.15, -0.1) is 0 Å². The summed E-state index contributed by atoms with van der Waals surface area (Å²) < 4.78 is 2.15. The molecule has 0 heterocycles. The van der Waals surface area contributed by atoms with Crippen molar-refractivity contribution in [3.8, 4) is 0 Å². The van der Waals surface area contributed by atoms with E-state index in [1.807, 2.05) is 12.1 Å². The highest BCUT2D eigenvalue weighted by atomic mass is 79.9. The van der Waals surface area contributed by atoms with Crippen LogP contribution in [0.5, 0.6) is 0 Å². The Morgan fingerprint density at radius 1 is 1.14 bits per heavy atom. The fourth-order valence-corrected chi connectivity index (χ4v) is 3.43. The number of hydrogen-bond acceptors (Lipinski definition) is 1. The molecule has 1 N–H and O–H groups in total. The molecule has 1 unspecified atom stereocenters. The highest BCUT2D eigenvalue weighted by Crippen LogP contribution is 2.28. The number of halogens is 3. The third kappa shape index (κ3) is 4.56. The molecule has 0 aliphatic rings. The lowest BCUT2D eigenvalue weighted by Gasteiger charge is -2.20. The summed E-state index contributed by atoms with van der Waals surface area (Å²) in [4.78, 5) is 0. The van der Waals surface area contributed by atoms with Gasteiger partial charge < -0.3 is 5.32 Å². The molecule has 0 amide bonds. The second-order valence-electron chi connectivity index (χ2n) is 5.06. The van der Waals surface area contributed by atoms with E-state index in [-0.39, 0.29) is 6.04 Å². The Bertz CT molecular complexity index is 628. The van der Waals surface area contributed by atoms with Crippen LogP contribution in [0.25, 0.3) is 0 Å². The summed E-state index contributed by atoms with van der Waals surface area (Å²) >= 11 is 13.4. The zero-order valence-corrected chi connectivity index (χ0v) is 16.0. The van der Waals surface area contributed by atoms with Crippen molar-refractivity contribution in [1.82, 2.24) is 5.32 Å². The standard InChI is InChI=1S/C17H18Br2ClN/c1-3-21-17(13-5-4-11(2)15(19)8-13)9-12-6-7-14(18)10-16(12)20/h4-8,10,17,21H,3,9H2,1-2H3. The van der Waals surface area contributed by atoms with Crippen LogP contribution >= 0.6 is 43.5 Å². The van der Waals surface area contributed by atoms with Gasteiger partial charge in [-0.25, -0.2) is 0 Å². The Hall–Kier alpha value is -0.350. The SMILES string of the molecule is CCNC(Cc1ccc(Br)cc1Cl)c1ccc(C)c(Br)c1. The van der Waals surface area contributed by atoms with E-state index in [0.717, 1.165) is 32.5 Å². The molecule has 0 radical (unpaired) electrons. The van der Waals surface area contributed by atoms with Crippen LogP contribution in [0.4, 0.5) is 0 Å². The highest BCUT2D eigenvalue weighted by molar-refractivity contribution is 9.10. The van der Waals surface area contributed by atoms with Crippen LogP contribution in [0.3, 0.4) is 0 Å². The molecule has 1 nitrogen and oxygen atoms in total. The predicted octanol–water partition coefficient (Wildman–Crippen LogP) is 6.07. The van der Waals surface area contributed by atoms with E-state index in [1.54, 1.807) is 0 Å². The minimum absolute atomic E-state index is 0.255. The lowest BCUT2D eigenvalue weighted by Crippen LogP contribution is -2.23. The fourth-order valence-electron chi connectivity index (χ4n) is 2.29. The summed E-state index contributed by atoms with van der Waals surface area (Å²) in [6, 6.07) is 12.8. The van der Waals surface area contributed by atoms with Crippen LogP contribution in [0.2, 0.25) is 5.02 Å². The van der Waals surface area contributed by atoms with Crippen molar-refractivity contribution in [2.75, 3.05) is 6.54 Å². The van der Waals surface area contributed by atoms with Crippen LogP contribution in [0.15, 0.2) is 45.3 Å². The molecule has 0 saturated heterocycles. The fraction of sp³-hybridized carbons (Fsp3) is 0.294. The second-order valence-corrected chi connectivity index (χ2v) is 7.24. The molecule has 1 atom stereocenters. The van der Waals surface area contributed by atoms with Gasteiger partial charge in [0.2, 0.25) is 0 Å². The van der Waals surface area contributed by atoms with Gasteiger partial charge in [-0.05, 0) is 54.8 Å². The van der Waals surface area contributed by atoms with E-state index in [9.17, 15) is 0 Å². The molecule has 0 saturated carbocycles. The third-order valence-electron chi connectivity index (χ3n) is 3.49. The first-order chi connectivity index (χ1) is 10.0. The first-order valence-corrected chi connectivity index (χ1v) is 8.91. The lowest BCUT2D eigenvalue weighted by molar-refractivity contribution is 0.549. The number of hydrogen-bond donors (Lipinski definition) is 1. The van der Waals surface area contributed by atoms with Gasteiger partial charge in [-0.3, -0.25) is 0 Å². The maximum absolute atomic E-state index is 6.35. The highest BCUT2D eigenvalue weighted by Gasteiger charge is 2.14. The number of aryl methyl sites for hydroxylation is 1. The molecule has 0 aliphatic carbocycles. The van der Waals surface area contributed by atoms with Crippen LogP contribution < -0.4 is 5.32 Å². The van der Waals surface area contributed by atoms with Gasteiger partial charge in [-0.1, -0.05) is 68.6 Å². The van der Waals surface area contributed by atoms with Crippen LogP contribution in [0, 0.1) is 6.92 Å². The molecule has 112 valence electrons.